The van der Waals surface area contributed by atoms with Gasteiger partial charge in [-0.05, 0) is 12.1 Å². The second-order valence-electron chi connectivity index (χ2n) is 2.68. The van der Waals surface area contributed by atoms with Crippen molar-refractivity contribution in [3.05, 3.63) is 29.3 Å². The fraction of sp³-hybridized carbons (Fsp3) is 0.182. The van der Waals surface area contributed by atoms with Crippen molar-refractivity contribution in [3.63, 3.8) is 0 Å². The second-order valence-corrected chi connectivity index (χ2v) is 2.68. The molecule has 1 aromatic rings. The first-order valence-corrected chi connectivity index (χ1v) is 4.14. The Labute approximate surface area is 86.1 Å². The van der Waals surface area contributed by atoms with Crippen LogP contribution < -0.4 is 4.74 Å². The Hall–Kier alpha value is -2.07. The summed E-state index contributed by atoms with van der Waals surface area (Å²) >= 11 is 0. The predicted octanol–water partition coefficient (Wildman–Crippen LogP) is 2.24. The van der Waals surface area contributed by atoms with Crippen molar-refractivity contribution < 1.29 is 13.5 Å². The standard InChI is InChI=1S/C11H7F2NO/c1-2-3-4-15-11-9(12)5-8(7-14)6-10(11)13/h1,5-6H,3-4H2. The van der Waals surface area contributed by atoms with Crippen LogP contribution in [-0.2, 0) is 0 Å². The van der Waals surface area contributed by atoms with E-state index in [-0.39, 0.29) is 18.6 Å². The summed E-state index contributed by atoms with van der Waals surface area (Å²) in [4.78, 5) is 0. The van der Waals surface area contributed by atoms with Gasteiger partial charge in [-0.2, -0.15) is 5.26 Å². The number of halogens is 2. The maximum absolute atomic E-state index is 13.2. The minimum absolute atomic E-state index is 0.0379. The van der Waals surface area contributed by atoms with E-state index in [0.717, 1.165) is 12.1 Å². The molecule has 0 heterocycles. The third-order valence-electron chi connectivity index (χ3n) is 1.62. The first-order chi connectivity index (χ1) is 7.19. The van der Waals surface area contributed by atoms with E-state index in [2.05, 4.69) is 5.92 Å². The predicted molar refractivity (Wildman–Crippen MR) is 50.0 cm³/mol. The van der Waals surface area contributed by atoms with Crippen LogP contribution in [0.25, 0.3) is 0 Å². The van der Waals surface area contributed by atoms with E-state index in [1.165, 1.54) is 0 Å². The molecule has 1 rings (SSSR count). The zero-order chi connectivity index (χ0) is 11.3. The molecule has 76 valence electrons. The Morgan fingerprint density at radius 2 is 1.93 bits per heavy atom. The summed E-state index contributed by atoms with van der Waals surface area (Å²) in [5, 5.41) is 8.44. The van der Waals surface area contributed by atoms with Gasteiger partial charge < -0.3 is 4.74 Å². The maximum Gasteiger partial charge on any atom is 0.190 e. The minimum atomic E-state index is -0.899. The molecule has 0 amide bonds. The summed E-state index contributed by atoms with van der Waals surface area (Å²) in [6.45, 7) is 0.0379. The number of rotatable bonds is 3. The lowest BCUT2D eigenvalue weighted by atomic mass is 10.2. The lowest BCUT2D eigenvalue weighted by Gasteiger charge is -2.06. The van der Waals surface area contributed by atoms with Gasteiger partial charge in [-0.3, -0.25) is 0 Å². The average molecular weight is 207 g/mol. The van der Waals surface area contributed by atoms with Crippen molar-refractivity contribution in [3.8, 4) is 24.2 Å². The molecule has 0 saturated carbocycles. The van der Waals surface area contributed by atoms with Crippen molar-refractivity contribution in [2.75, 3.05) is 6.61 Å². The topological polar surface area (TPSA) is 33.0 Å². The fourth-order valence-electron chi connectivity index (χ4n) is 0.974. The Kier molecular flexibility index (Phi) is 3.65. The molecule has 0 saturated heterocycles. The van der Waals surface area contributed by atoms with Crippen LogP contribution in [0, 0.1) is 35.3 Å². The summed E-state index contributed by atoms with van der Waals surface area (Å²) in [7, 11) is 0. The first kappa shape index (κ1) is 11.0. The number of hydrogen-bond donors (Lipinski definition) is 0. The van der Waals surface area contributed by atoms with Gasteiger partial charge in [-0.25, -0.2) is 8.78 Å². The summed E-state index contributed by atoms with van der Waals surface area (Å²) in [6.07, 6.45) is 5.22. The number of terminal acetylenes is 1. The molecule has 0 aromatic heterocycles. The highest BCUT2D eigenvalue weighted by molar-refractivity contribution is 5.37. The summed E-state index contributed by atoms with van der Waals surface area (Å²) in [5.41, 5.74) is -0.0886. The van der Waals surface area contributed by atoms with E-state index >= 15 is 0 Å². The van der Waals surface area contributed by atoms with Crippen molar-refractivity contribution in [1.29, 1.82) is 5.26 Å². The van der Waals surface area contributed by atoms with Crippen LogP contribution in [0.2, 0.25) is 0 Å². The van der Waals surface area contributed by atoms with Gasteiger partial charge in [0.2, 0.25) is 0 Å². The van der Waals surface area contributed by atoms with Gasteiger partial charge in [0, 0.05) is 6.42 Å². The molecule has 0 atom stereocenters. The Morgan fingerprint density at radius 3 is 2.40 bits per heavy atom. The summed E-state index contributed by atoms with van der Waals surface area (Å²) in [5.74, 6) is -0.0178. The van der Waals surface area contributed by atoms with Gasteiger partial charge in [0.05, 0.1) is 18.2 Å². The third kappa shape index (κ3) is 2.69. The van der Waals surface area contributed by atoms with E-state index < -0.39 is 17.4 Å². The zero-order valence-electron chi connectivity index (χ0n) is 7.76. The minimum Gasteiger partial charge on any atom is -0.487 e. The lowest BCUT2D eigenvalue weighted by Crippen LogP contribution is -2.01. The van der Waals surface area contributed by atoms with Crippen LogP contribution >= 0.6 is 0 Å². The molecule has 0 radical (unpaired) electrons. The van der Waals surface area contributed by atoms with Gasteiger partial charge in [-0.15, -0.1) is 12.3 Å². The molecule has 0 fully saturated rings. The summed E-state index contributed by atoms with van der Waals surface area (Å²) < 4.78 is 31.1. The molecular formula is C11H7F2NO. The molecule has 2 nitrogen and oxygen atoms in total. The van der Waals surface area contributed by atoms with Gasteiger partial charge in [0.25, 0.3) is 0 Å². The maximum atomic E-state index is 13.2. The van der Waals surface area contributed by atoms with Crippen LogP contribution in [0.4, 0.5) is 8.78 Å². The Morgan fingerprint density at radius 1 is 1.33 bits per heavy atom. The highest BCUT2D eigenvalue weighted by atomic mass is 19.1. The van der Waals surface area contributed by atoms with Crippen molar-refractivity contribution in [1.82, 2.24) is 0 Å². The highest BCUT2D eigenvalue weighted by Crippen LogP contribution is 2.23. The van der Waals surface area contributed by atoms with Crippen LogP contribution in [-0.4, -0.2) is 6.61 Å². The Bertz CT molecular complexity index is 420. The molecule has 0 aliphatic carbocycles. The molecule has 0 unspecified atom stereocenters. The van der Waals surface area contributed by atoms with E-state index in [1.807, 2.05) is 0 Å². The van der Waals surface area contributed by atoms with Crippen LogP contribution in [0.1, 0.15) is 12.0 Å². The summed E-state index contributed by atoms with van der Waals surface area (Å²) in [6, 6.07) is 3.46. The second kappa shape index (κ2) is 4.97. The molecule has 0 aliphatic heterocycles. The van der Waals surface area contributed by atoms with E-state index in [9.17, 15) is 8.78 Å². The molecule has 0 bridgehead atoms. The first-order valence-electron chi connectivity index (χ1n) is 4.14. The van der Waals surface area contributed by atoms with Gasteiger partial charge in [0.1, 0.15) is 0 Å². The monoisotopic (exact) mass is 207 g/mol. The van der Waals surface area contributed by atoms with Gasteiger partial charge in [0.15, 0.2) is 17.4 Å². The van der Waals surface area contributed by atoms with E-state index in [1.54, 1.807) is 6.07 Å². The zero-order valence-corrected chi connectivity index (χ0v) is 7.76. The van der Waals surface area contributed by atoms with Crippen molar-refractivity contribution in [2.45, 2.75) is 6.42 Å². The number of hydrogen-bond acceptors (Lipinski definition) is 2. The normalized spacial score (nSPS) is 9.07. The largest absolute Gasteiger partial charge is 0.487 e. The molecule has 4 heteroatoms. The smallest absolute Gasteiger partial charge is 0.190 e. The molecular weight excluding hydrogens is 200 g/mol. The van der Waals surface area contributed by atoms with E-state index in [0.29, 0.717) is 0 Å². The average Bonchev–Trinajstić information content (AvgIpc) is 2.22. The number of nitriles is 1. The van der Waals surface area contributed by atoms with E-state index in [4.69, 9.17) is 16.4 Å². The quantitative estimate of drug-likeness (QED) is 0.562. The third-order valence-corrected chi connectivity index (χ3v) is 1.62. The molecule has 15 heavy (non-hydrogen) atoms. The van der Waals surface area contributed by atoms with Crippen molar-refractivity contribution in [2.24, 2.45) is 0 Å². The van der Waals surface area contributed by atoms with Gasteiger partial charge >= 0.3 is 0 Å². The SMILES string of the molecule is C#CCCOc1c(F)cc(C#N)cc1F. The van der Waals surface area contributed by atoms with Crippen molar-refractivity contribution >= 4 is 0 Å². The molecule has 0 aliphatic rings. The molecule has 1 aromatic carbocycles. The lowest BCUT2D eigenvalue weighted by molar-refractivity contribution is 0.292. The van der Waals surface area contributed by atoms with Crippen LogP contribution in [0.5, 0.6) is 5.75 Å². The highest BCUT2D eigenvalue weighted by Gasteiger charge is 2.12. The van der Waals surface area contributed by atoms with Crippen LogP contribution in [0.3, 0.4) is 0 Å². The van der Waals surface area contributed by atoms with Crippen LogP contribution in [0.15, 0.2) is 12.1 Å². The molecule has 0 spiro atoms. The number of nitrogens with zero attached hydrogens (tertiary/aromatic N) is 1. The molecule has 0 N–H and O–H groups in total. The van der Waals surface area contributed by atoms with Gasteiger partial charge in [-0.1, -0.05) is 0 Å². The number of ether oxygens (including phenoxy) is 1. The Balaban J connectivity index is 2.90. The number of benzene rings is 1. The fourth-order valence-corrected chi connectivity index (χ4v) is 0.974.